The van der Waals surface area contributed by atoms with E-state index in [0.717, 1.165) is 4.68 Å². The lowest BCUT2D eigenvalue weighted by atomic mass is 10.4. The number of nitrogens with two attached hydrogens (primary N) is 1. The van der Waals surface area contributed by atoms with Crippen LogP contribution < -0.4 is 16.6 Å². The molecule has 5 N–H and O–H groups in total. The zero-order valence-electron chi connectivity index (χ0n) is 8.83. The number of aliphatic hydroxyl groups is 2. The van der Waals surface area contributed by atoms with Crippen LogP contribution in [0.15, 0.2) is 17.1 Å². The molecule has 1 heterocycles. The summed E-state index contributed by atoms with van der Waals surface area (Å²) in [4.78, 5) is 11.5. The quantitative estimate of drug-likeness (QED) is 0.446. The zero-order chi connectivity index (χ0) is 12.0. The lowest BCUT2D eigenvalue weighted by molar-refractivity contribution is 0.0770. The Balaban J connectivity index is 2.71. The van der Waals surface area contributed by atoms with Gasteiger partial charge in [-0.05, 0) is 0 Å². The number of rotatable bonds is 6. The van der Waals surface area contributed by atoms with E-state index >= 15 is 0 Å². The smallest absolute Gasteiger partial charge is 0.268 e. The van der Waals surface area contributed by atoms with Crippen LogP contribution in [0.25, 0.3) is 0 Å². The van der Waals surface area contributed by atoms with Crippen LogP contribution in [0.5, 0.6) is 0 Å². The first kappa shape index (κ1) is 12.6. The molecule has 1 rings (SSSR count). The summed E-state index contributed by atoms with van der Waals surface area (Å²) < 4.78 is 1.09. The molecule has 7 heteroatoms. The molecule has 90 valence electrons. The molecule has 0 amide bonds. The number of nitrogens with one attached hydrogen (secondary N) is 1. The minimum absolute atomic E-state index is 0.0213. The number of anilines is 1. The highest BCUT2D eigenvalue weighted by Gasteiger charge is 2.06. The first-order valence-electron chi connectivity index (χ1n) is 4.97. The van der Waals surface area contributed by atoms with Gasteiger partial charge in [0.1, 0.15) is 0 Å². The van der Waals surface area contributed by atoms with E-state index in [2.05, 4.69) is 10.4 Å². The Morgan fingerprint density at radius 1 is 1.62 bits per heavy atom. The van der Waals surface area contributed by atoms with Crippen molar-refractivity contribution >= 4 is 5.69 Å². The molecule has 0 spiro atoms. The fourth-order valence-electron chi connectivity index (χ4n) is 1.14. The van der Waals surface area contributed by atoms with Crippen molar-refractivity contribution in [1.82, 2.24) is 9.78 Å². The highest BCUT2D eigenvalue weighted by Crippen LogP contribution is 1.98. The minimum Gasteiger partial charge on any atom is -0.394 e. The Bertz CT molecular complexity index is 379. The summed E-state index contributed by atoms with van der Waals surface area (Å²) in [6.07, 6.45) is 0.495. The third kappa shape index (κ3) is 3.61. The molecular formula is C9H16N4O3. The second kappa shape index (κ2) is 6.21. The third-order valence-electron chi connectivity index (χ3n) is 1.94. The topological polar surface area (TPSA) is 113 Å². The maximum atomic E-state index is 11.5. The van der Waals surface area contributed by atoms with E-state index in [1.807, 2.05) is 0 Å². The molecule has 7 nitrogen and oxygen atoms in total. The van der Waals surface area contributed by atoms with Gasteiger partial charge in [-0.3, -0.25) is 4.79 Å². The first-order valence-corrected chi connectivity index (χ1v) is 4.97. The van der Waals surface area contributed by atoms with E-state index in [0.29, 0.717) is 18.8 Å². The van der Waals surface area contributed by atoms with Crippen molar-refractivity contribution in [3.8, 4) is 0 Å². The van der Waals surface area contributed by atoms with Crippen molar-refractivity contribution in [2.75, 3.05) is 25.0 Å². The monoisotopic (exact) mass is 228 g/mol. The van der Waals surface area contributed by atoms with E-state index < -0.39 is 12.7 Å². The van der Waals surface area contributed by atoms with Gasteiger partial charge in [-0.15, -0.1) is 0 Å². The summed E-state index contributed by atoms with van der Waals surface area (Å²) in [6, 6.07) is 1.37. The zero-order valence-corrected chi connectivity index (χ0v) is 8.83. The SMILES string of the molecule is NCCNc1cnn(CC(O)CO)c(=O)c1. The highest BCUT2D eigenvalue weighted by atomic mass is 16.3. The molecule has 0 saturated carbocycles. The summed E-state index contributed by atoms with van der Waals surface area (Å²) in [5, 5.41) is 24.6. The van der Waals surface area contributed by atoms with E-state index in [-0.39, 0.29) is 12.1 Å². The van der Waals surface area contributed by atoms with Gasteiger partial charge in [-0.2, -0.15) is 5.10 Å². The molecule has 1 aromatic rings. The minimum atomic E-state index is -0.979. The van der Waals surface area contributed by atoms with Gasteiger partial charge < -0.3 is 21.3 Å². The van der Waals surface area contributed by atoms with Gasteiger partial charge in [0.05, 0.1) is 31.1 Å². The maximum absolute atomic E-state index is 11.5. The fourth-order valence-corrected chi connectivity index (χ4v) is 1.14. The van der Waals surface area contributed by atoms with Gasteiger partial charge in [0, 0.05) is 19.2 Å². The summed E-state index contributed by atoms with van der Waals surface area (Å²) in [5.41, 5.74) is 5.55. The number of hydrogen-bond donors (Lipinski definition) is 4. The Labute approximate surface area is 92.5 Å². The number of hydrogen-bond acceptors (Lipinski definition) is 6. The molecule has 16 heavy (non-hydrogen) atoms. The Morgan fingerprint density at radius 3 is 2.94 bits per heavy atom. The second-order valence-corrected chi connectivity index (χ2v) is 3.32. The molecule has 0 fully saturated rings. The van der Waals surface area contributed by atoms with E-state index in [4.69, 9.17) is 15.9 Å². The predicted octanol–water partition coefficient (Wildman–Crippen LogP) is -2.03. The molecule has 0 aromatic carbocycles. The molecular weight excluding hydrogens is 212 g/mol. The first-order chi connectivity index (χ1) is 7.67. The molecule has 0 aliphatic rings. The van der Waals surface area contributed by atoms with E-state index in [9.17, 15) is 4.79 Å². The Morgan fingerprint density at radius 2 is 2.38 bits per heavy atom. The van der Waals surface area contributed by atoms with Crippen LogP contribution in [-0.2, 0) is 6.54 Å². The number of aromatic nitrogens is 2. The van der Waals surface area contributed by atoms with E-state index in [1.54, 1.807) is 0 Å². The highest BCUT2D eigenvalue weighted by molar-refractivity contribution is 5.38. The standard InChI is InChI=1S/C9H16N4O3/c10-1-2-11-7-3-9(16)13(12-4-7)5-8(15)6-14/h3-4,8,11,14-15H,1-2,5-6,10H2. The lowest BCUT2D eigenvalue weighted by Gasteiger charge is -2.09. The fraction of sp³-hybridized carbons (Fsp3) is 0.556. The van der Waals surface area contributed by atoms with Crippen molar-refractivity contribution in [3.63, 3.8) is 0 Å². The van der Waals surface area contributed by atoms with Crippen molar-refractivity contribution in [2.45, 2.75) is 12.6 Å². The third-order valence-corrected chi connectivity index (χ3v) is 1.94. The van der Waals surface area contributed by atoms with E-state index in [1.165, 1.54) is 12.3 Å². The number of aliphatic hydroxyl groups excluding tert-OH is 2. The largest absolute Gasteiger partial charge is 0.394 e. The Hall–Kier alpha value is -1.44. The van der Waals surface area contributed by atoms with Gasteiger partial charge in [0.25, 0.3) is 5.56 Å². The van der Waals surface area contributed by atoms with Crippen LogP contribution in [-0.4, -0.2) is 45.8 Å². The molecule has 1 aromatic heterocycles. The summed E-state index contributed by atoms with van der Waals surface area (Å²) in [7, 11) is 0. The maximum Gasteiger partial charge on any atom is 0.268 e. The van der Waals surface area contributed by atoms with Crippen molar-refractivity contribution in [3.05, 3.63) is 22.6 Å². The molecule has 0 aliphatic heterocycles. The summed E-state index contributed by atoms with van der Waals surface area (Å²) in [6.45, 7) is 0.602. The van der Waals surface area contributed by atoms with Crippen LogP contribution in [0.2, 0.25) is 0 Å². The Kier molecular flexibility index (Phi) is 4.90. The normalized spacial score (nSPS) is 12.4. The molecule has 1 unspecified atom stereocenters. The molecule has 1 atom stereocenters. The second-order valence-electron chi connectivity index (χ2n) is 3.32. The number of nitrogens with zero attached hydrogens (tertiary/aromatic N) is 2. The van der Waals surface area contributed by atoms with Crippen molar-refractivity contribution < 1.29 is 10.2 Å². The van der Waals surface area contributed by atoms with Crippen LogP contribution >= 0.6 is 0 Å². The van der Waals surface area contributed by atoms with Gasteiger partial charge >= 0.3 is 0 Å². The predicted molar refractivity (Wildman–Crippen MR) is 59.1 cm³/mol. The molecule has 0 saturated heterocycles. The van der Waals surface area contributed by atoms with Gasteiger partial charge in [-0.1, -0.05) is 0 Å². The van der Waals surface area contributed by atoms with Crippen molar-refractivity contribution in [2.24, 2.45) is 5.73 Å². The average Bonchev–Trinajstić information content (AvgIpc) is 2.29. The van der Waals surface area contributed by atoms with Crippen LogP contribution in [0.1, 0.15) is 0 Å². The van der Waals surface area contributed by atoms with Crippen LogP contribution in [0, 0.1) is 0 Å². The van der Waals surface area contributed by atoms with Gasteiger partial charge in [-0.25, -0.2) is 4.68 Å². The molecule has 0 bridgehead atoms. The van der Waals surface area contributed by atoms with Crippen LogP contribution in [0.4, 0.5) is 5.69 Å². The summed E-state index contributed by atoms with van der Waals surface area (Å²) in [5.74, 6) is 0. The van der Waals surface area contributed by atoms with Crippen molar-refractivity contribution in [1.29, 1.82) is 0 Å². The lowest BCUT2D eigenvalue weighted by Crippen LogP contribution is -2.30. The average molecular weight is 228 g/mol. The van der Waals surface area contributed by atoms with Gasteiger partial charge in [0.2, 0.25) is 0 Å². The summed E-state index contributed by atoms with van der Waals surface area (Å²) >= 11 is 0. The molecule has 0 aliphatic carbocycles. The van der Waals surface area contributed by atoms with Gasteiger partial charge in [0.15, 0.2) is 0 Å². The van der Waals surface area contributed by atoms with Crippen LogP contribution in [0.3, 0.4) is 0 Å². The molecule has 0 radical (unpaired) electrons.